The summed E-state index contributed by atoms with van der Waals surface area (Å²) in [7, 11) is 1.64. The molecule has 21 heavy (non-hydrogen) atoms. The van der Waals surface area contributed by atoms with Crippen molar-refractivity contribution in [2.75, 3.05) is 7.11 Å². The maximum absolute atomic E-state index is 11.7. The van der Waals surface area contributed by atoms with Crippen LogP contribution in [-0.4, -0.2) is 25.0 Å². The van der Waals surface area contributed by atoms with Crippen LogP contribution in [0.15, 0.2) is 18.2 Å². The Labute approximate surface area is 125 Å². The first-order chi connectivity index (χ1) is 9.97. The molecule has 0 spiro atoms. The minimum Gasteiger partial charge on any atom is -0.496 e. The van der Waals surface area contributed by atoms with E-state index in [9.17, 15) is 9.59 Å². The largest absolute Gasteiger partial charge is 0.496 e. The number of benzene rings is 1. The summed E-state index contributed by atoms with van der Waals surface area (Å²) >= 11 is 0. The van der Waals surface area contributed by atoms with Gasteiger partial charge >= 0.3 is 0 Å². The van der Waals surface area contributed by atoms with Gasteiger partial charge in [-0.2, -0.15) is 0 Å². The molecule has 0 unspecified atom stereocenters. The molecule has 1 atom stereocenters. The van der Waals surface area contributed by atoms with Crippen LogP contribution in [0.2, 0.25) is 0 Å². The Morgan fingerprint density at radius 3 is 2.67 bits per heavy atom. The maximum atomic E-state index is 11.7. The van der Waals surface area contributed by atoms with Gasteiger partial charge in [-0.3, -0.25) is 15.0 Å². The highest BCUT2D eigenvalue weighted by Gasteiger charge is 2.13. The first kappa shape index (κ1) is 17.0. The minimum absolute atomic E-state index is 0.156. The Balaban J connectivity index is 2.38. The molecule has 0 aliphatic rings. The van der Waals surface area contributed by atoms with Crippen LogP contribution in [0.1, 0.15) is 30.9 Å². The molecule has 1 aromatic carbocycles. The topological polar surface area (TPSA) is 93.4 Å². The van der Waals surface area contributed by atoms with Gasteiger partial charge in [-0.15, -0.1) is 0 Å². The third kappa shape index (κ3) is 5.43. The van der Waals surface area contributed by atoms with Crippen molar-refractivity contribution in [3.05, 3.63) is 29.3 Å². The molecule has 0 aliphatic carbocycles. The van der Waals surface area contributed by atoms with E-state index < -0.39 is 11.9 Å². The van der Waals surface area contributed by atoms with E-state index in [0.29, 0.717) is 12.8 Å². The van der Waals surface area contributed by atoms with Gasteiger partial charge < -0.3 is 10.1 Å². The van der Waals surface area contributed by atoms with Gasteiger partial charge in [0.2, 0.25) is 5.91 Å². The SMILES string of the molecule is COc1ccc(CCCC(=O)N[C@@H](C)C(=O)NN)cc1C. The molecule has 0 aromatic heterocycles. The lowest BCUT2D eigenvalue weighted by molar-refractivity contribution is -0.128. The number of hydrogen-bond acceptors (Lipinski definition) is 4. The van der Waals surface area contributed by atoms with Gasteiger partial charge in [-0.05, 0) is 43.9 Å². The normalized spacial score (nSPS) is 11.6. The van der Waals surface area contributed by atoms with Gasteiger partial charge in [0.15, 0.2) is 0 Å². The molecule has 0 aliphatic heterocycles. The molecule has 6 heteroatoms. The Kier molecular flexibility index (Phi) is 6.68. The van der Waals surface area contributed by atoms with Crippen LogP contribution in [-0.2, 0) is 16.0 Å². The van der Waals surface area contributed by atoms with Crippen molar-refractivity contribution >= 4 is 11.8 Å². The summed E-state index contributed by atoms with van der Waals surface area (Å²) in [6, 6.07) is 5.36. The first-order valence-electron chi connectivity index (χ1n) is 6.91. The summed E-state index contributed by atoms with van der Waals surface area (Å²) in [5, 5.41) is 2.60. The molecule has 0 saturated carbocycles. The molecule has 116 valence electrons. The van der Waals surface area contributed by atoms with Crippen LogP contribution >= 0.6 is 0 Å². The summed E-state index contributed by atoms with van der Waals surface area (Å²) in [4.78, 5) is 22.9. The van der Waals surface area contributed by atoms with E-state index >= 15 is 0 Å². The zero-order chi connectivity index (χ0) is 15.8. The van der Waals surface area contributed by atoms with Crippen LogP contribution in [0.4, 0.5) is 0 Å². The lowest BCUT2D eigenvalue weighted by Crippen LogP contribution is -2.47. The third-order valence-corrected chi connectivity index (χ3v) is 3.24. The molecule has 2 amide bonds. The number of hydrogen-bond donors (Lipinski definition) is 3. The Hall–Kier alpha value is -2.08. The molecular formula is C15H23N3O3. The second-order valence-corrected chi connectivity index (χ2v) is 4.96. The van der Waals surface area contributed by atoms with Gasteiger partial charge in [0, 0.05) is 6.42 Å². The summed E-state index contributed by atoms with van der Waals surface area (Å²) in [5.41, 5.74) is 4.24. The van der Waals surface area contributed by atoms with Gasteiger partial charge in [0.05, 0.1) is 7.11 Å². The van der Waals surface area contributed by atoms with E-state index in [1.54, 1.807) is 14.0 Å². The van der Waals surface area contributed by atoms with Gasteiger partial charge in [-0.25, -0.2) is 5.84 Å². The second-order valence-electron chi connectivity index (χ2n) is 4.96. The summed E-state index contributed by atoms with van der Waals surface area (Å²) in [5.74, 6) is 5.30. The van der Waals surface area contributed by atoms with E-state index in [0.717, 1.165) is 23.3 Å². The van der Waals surface area contributed by atoms with E-state index in [1.165, 1.54) is 0 Å². The van der Waals surface area contributed by atoms with Crippen LogP contribution in [0.25, 0.3) is 0 Å². The quantitative estimate of drug-likeness (QED) is 0.394. The average molecular weight is 293 g/mol. The minimum atomic E-state index is -0.620. The Bertz CT molecular complexity index is 503. The maximum Gasteiger partial charge on any atom is 0.256 e. The summed E-state index contributed by atoms with van der Waals surface area (Å²) in [6.45, 7) is 3.58. The van der Waals surface area contributed by atoms with E-state index in [4.69, 9.17) is 10.6 Å². The molecule has 4 N–H and O–H groups in total. The molecular weight excluding hydrogens is 270 g/mol. The monoisotopic (exact) mass is 293 g/mol. The zero-order valence-corrected chi connectivity index (χ0v) is 12.7. The highest BCUT2D eigenvalue weighted by Crippen LogP contribution is 2.19. The predicted molar refractivity (Wildman–Crippen MR) is 80.6 cm³/mol. The van der Waals surface area contributed by atoms with Crippen molar-refractivity contribution in [3.63, 3.8) is 0 Å². The number of amides is 2. The van der Waals surface area contributed by atoms with Crippen molar-refractivity contribution in [1.29, 1.82) is 0 Å². The Morgan fingerprint density at radius 1 is 1.38 bits per heavy atom. The fourth-order valence-corrected chi connectivity index (χ4v) is 2.05. The number of methoxy groups -OCH3 is 1. The summed E-state index contributed by atoms with van der Waals surface area (Å²) in [6.07, 6.45) is 1.89. The van der Waals surface area contributed by atoms with Gasteiger partial charge in [0.25, 0.3) is 5.91 Å². The van der Waals surface area contributed by atoms with E-state index in [1.807, 2.05) is 24.5 Å². The zero-order valence-electron chi connectivity index (χ0n) is 12.7. The summed E-state index contributed by atoms with van der Waals surface area (Å²) < 4.78 is 5.21. The molecule has 0 radical (unpaired) electrons. The fraction of sp³-hybridized carbons (Fsp3) is 0.467. The lowest BCUT2D eigenvalue weighted by atomic mass is 10.0. The third-order valence-electron chi connectivity index (χ3n) is 3.24. The highest BCUT2D eigenvalue weighted by molar-refractivity contribution is 5.86. The molecule has 6 nitrogen and oxygen atoms in total. The highest BCUT2D eigenvalue weighted by atomic mass is 16.5. The Morgan fingerprint density at radius 2 is 2.10 bits per heavy atom. The van der Waals surface area contributed by atoms with Gasteiger partial charge in [-0.1, -0.05) is 12.1 Å². The van der Waals surface area contributed by atoms with Crippen LogP contribution < -0.4 is 21.3 Å². The predicted octanol–water partition coefficient (Wildman–Crippen LogP) is 0.821. The number of carbonyl (C=O) groups is 2. The second kappa shape index (κ2) is 8.26. The van der Waals surface area contributed by atoms with Crippen molar-refractivity contribution in [2.24, 2.45) is 5.84 Å². The van der Waals surface area contributed by atoms with Crippen LogP contribution in [0, 0.1) is 6.92 Å². The molecule has 1 aromatic rings. The molecule has 0 saturated heterocycles. The smallest absolute Gasteiger partial charge is 0.256 e. The van der Waals surface area contributed by atoms with E-state index in [2.05, 4.69) is 11.4 Å². The molecule has 0 heterocycles. The van der Waals surface area contributed by atoms with Gasteiger partial charge in [0.1, 0.15) is 11.8 Å². The van der Waals surface area contributed by atoms with Crippen LogP contribution in [0.3, 0.4) is 0 Å². The average Bonchev–Trinajstić information content (AvgIpc) is 2.46. The van der Waals surface area contributed by atoms with Crippen LogP contribution in [0.5, 0.6) is 5.75 Å². The van der Waals surface area contributed by atoms with Crippen molar-refractivity contribution in [1.82, 2.24) is 10.7 Å². The number of rotatable bonds is 7. The standard InChI is InChI=1S/C15H23N3O3/c1-10-9-12(7-8-13(10)21-3)5-4-6-14(19)17-11(2)15(20)18-16/h7-9,11H,4-6,16H2,1-3H3,(H,17,19)(H,18,20)/t11-/m0/s1. The number of aryl methyl sites for hydroxylation is 2. The number of nitrogens with two attached hydrogens (primary N) is 1. The van der Waals surface area contributed by atoms with Crippen molar-refractivity contribution in [2.45, 2.75) is 39.2 Å². The molecule has 1 rings (SSSR count). The van der Waals surface area contributed by atoms with Crippen molar-refractivity contribution < 1.29 is 14.3 Å². The number of nitrogens with one attached hydrogen (secondary N) is 2. The molecule has 0 bridgehead atoms. The fourth-order valence-electron chi connectivity index (χ4n) is 2.05. The molecule has 0 fully saturated rings. The first-order valence-corrected chi connectivity index (χ1v) is 6.91. The number of ether oxygens (including phenoxy) is 1. The van der Waals surface area contributed by atoms with Crippen molar-refractivity contribution in [3.8, 4) is 5.75 Å². The number of hydrazine groups is 1. The number of carbonyl (C=O) groups excluding carboxylic acids is 2. The lowest BCUT2D eigenvalue weighted by Gasteiger charge is -2.12. The van der Waals surface area contributed by atoms with E-state index in [-0.39, 0.29) is 5.91 Å².